The van der Waals surface area contributed by atoms with E-state index in [1.54, 1.807) is 12.1 Å². The fraction of sp³-hybridized carbons (Fsp3) is 0.385. The van der Waals surface area contributed by atoms with Crippen LogP contribution in [0.2, 0.25) is 0 Å². The van der Waals surface area contributed by atoms with Crippen LogP contribution in [0.15, 0.2) is 30.3 Å². The second-order valence-electron chi connectivity index (χ2n) is 4.78. The Morgan fingerprint density at radius 1 is 1.27 bits per heavy atom. The molecule has 1 aromatic rings. The first-order chi connectivity index (χ1) is 7.01. The van der Waals surface area contributed by atoms with Crippen molar-refractivity contribution in [3.63, 3.8) is 0 Å². The molecule has 0 amide bonds. The van der Waals surface area contributed by atoms with Crippen molar-refractivity contribution in [3.05, 3.63) is 41.7 Å². The number of hydrogen-bond donors (Lipinski definition) is 1. The molecular weight excluding hydrogens is 189 g/mol. The third-order valence-corrected chi connectivity index (χ3v) is 3.36. The quantitative estimate of drug-likeness (QED) is 0.789. The lowest BCUT2D eigenvalue weighted by molar-refractivity contribution is 0.591. The Labute approximate surface area is 89.8 Å². The van der Waals surface area contributed by atoms with Crippen LogP contribution < -0.4 is 5.73 Å². The van der Waals surface area contributed by atoms with Crippen LogP contribution in [0.4, 0.5) is 4.39 Å². The SMILES string of the molecule is CC1(C)[C@@H](N)[C@@H]1/C=C/c1ccc(F)cc1. The van der Waals surface area contributed by atoms with E-state index in [1.165, 1.54) is 12.1 Å². The molecule has 80 valence electrons. The van der Waals surface area contributed by atoms with Crippen LogP contribution in [-0.4, -0.2) is 6.04 Å². The minimum Gasteiger partial charge on any atom is -0.327 e. The summed E-state index contributed by atoms with van der Waals surface area (Å²) in [6.07, 6.45) is 4.14. The van der Waals surface area contributed by atoms with Crippen molar-refractivity contribution in [2.24, 2.45) is 17.1 Å². The number of nitrogens with two attached hydrogens (primary N) is 1. The summed E-state index contributed by atoms with van der Waals surface area (Å²) in [6.45, 7) is 4.33. The number of hydrogen-bond acceptors (Lipinski definition) is 1. The lowest BCUT2D eigenvalue weighted by Crippen LogP contribution is -2.06. The molecule has 0 unspecified atom stereocenters. The summed E-state index contributed by atoms with van der Waals surface area (Å²) in [5.74, 6) is 0.248. The van der Waals surface area contributed by atoms with Crippen LogP contribution in [0.25, 0.3) is 6.08 Å². The van der Waals surface area contributed by atoms with Gasteiger partial charge in [0, 0.05) is 6.04 Å². The standard InChI is InChI=1S/C13H16FN/c1-13(2)11(12(13)15)8-5-9-3-6-10(14)7-4-9/h3-8,11-12H,15H2,1-2H3/b8-5+/t11-,12-/m0/s1. The maximum absolute atomic E-state index is 12.6. The number of benzene rings is 1. The summed E-state index contributed by atoms with van der Waals surface area (Å²) < 4.78 is 12.6. The zero-order chi connectivity index (χ0) is 11.1. The van der Waals surface area contributed by atoms with E-state index in [4.69, 9.17) is 5.73 Å². The molecule has 15 heavy (non-hydrogen) atoms. The van der Waals surface area contributed by atoms with Crippen LogP contribution in [0.3, 0.4) is 0 Å². The van der Waals surface area contributed by atoms with E-state index in [0.717, 1.165) is 5.56 Å². The predicted octanol–water partition coefficient (Wildman–Crippen LogP) is 2.82. The largest absolute Gasteiger partial charge is 0.327 e. The van der Waals surface area contributed by atoms with E-state index in [1.807, 2.05) is 6.08 Å². The van der Waals surface area contributed by atoms with Gasteiger partial charge in [0.1, 0.15) is 5.82 Å². The Balaban J connectivity index is 2.04. The molecule has 2 rings (SSSR count). The van der Waals surface area contributed by atoms with Crippen LogP contribution in [-0.2, 0) is 0 Å². The van der Waals surface area contributed by atoms with Gasteiger partial charge < -0.3 is 5.73 Å². The van der Waals surface area contributed by atoms with E-state index in [2.05, 4.69) is 19.9 Å². The molecule has 0 aliphatic heterocycles. The molecule has 1 aliphatic carbocycles. The smallest absolute Gasteiger partial charge is 0.123 e. The molecule has 2 atom stereocenters. The highest BCUT2D eigenvalue weighted by Gasteiger charge is 2.53. The lowest BCUT2D eigenvalue weighted by atomic mass is 10.1. The van der Waals surface area contributed by atoms with Gasteiger partial charge in [0.25, 0.3) is 0 Å². The molecular formula is C13H16FN. The van der Waals surface area contributed by atoms with Crippen LogP contribution in [0.1, 0.15) is 19.4 Å². The Morgan fingerprint density at radius 2 is 1.80 bits per heavy atom. The molecule has 2 heteroatoms. The maximum atomic E-state index is 12.6. The van der Waals surface area contributed by atoms with Gasteiger partial charge in [-0.2, -0.15) is 0 Å². The van der Waals surface area contributed by atoms with Crippen molar-refractivity contribution in [2.45, 2.75) is 19.9 Å². The van der Waals surface area contributed by atoms with Crippen LogP contribution in [0, 0.1) is 17.2 Å². The highest BCUT2D eigenvalue weighted by Crippen LogP contribution is 2.51. The first kappa shape index (κ1) is 10.4. The van der Waals surface area contributed by atoms with Gasteiger partial charge in [-0.3, -0.25) is 0 Å². The summed E-state index contributed by atoms with van der Waals surface area (Å²) in [5.41, 5.74) is 7.16. The van der Waals surface area contributed by atoms with Crippen molar-refractivity contribution in [2.75, 3.05) is 0 Å². The predicted molar refractivity (Wildman–Crippen MR) is 60.7 cm³/mol. The third kappa shape index (κ3) is 1.95. The van der Waals surface area contributed by atoms with Gasteiger partial charge in [-0.1, -0.05) is 38.1 Å². The molecule has 1 saturated carbocycles. The van der Waals surface area contributed by atoms with Crippen molar-refractivity contribution >= 4 is 6.08 Å². The average Bonchev–Trinajstić information content (AvgIpc) is 2.66. The highest BCUT2D eigenvalue weighted by atomic mass is 19.1. The summed E-state index contributed by atoms with van der Waals surface area (Å²) >= 11 is 0. The Morgan fingerprint density at radius 3 is 2.27 bits per heavy atom. The molecule has 0 saturated heterocycles. The molecule has 2 N–H and O–H groups in total. The van der Waals surface area contributed by atoms with Crippen molar-refractivity contribution in [3.8, 4) is 0 Å². The normalized spacial score (nSPS) is 28.3. The molecule has 0 heterocycles. The summed E-state index contributed by atoms with van der Waals surface area (Å²) in [4.78, 5) is 0. The van der Waals surface area contributed by atoms with E-state index in [-0.39, 0.29) is 17.3 Å². The van der Waals surface area contributed by atoms with E-state index >= 15 is 0 Å². The van der Waals surface area contributed by atoms with Crippen molar-refractivity contribution in [1.29, 1.82) is 0 Å². The fourth-order valence-corrected chi connectivity index (χ4v) is 1.87. The summed E-state index contributed by atoms with van der Waals surface area (Å²) in [5, 5.41) is 0. The zero-order valence-corrected chi connectivity index (χ0v) is 9.07. The van der Waals surface area contributed by atoms with Crippen LogP contribution >= 0.6 is 0 Å². The Hall–Kier alpha value is -1.15. The average molecular weight is 205 g/mol. The lowest BCUT2D eigenvalue weighted by Gasteiger charge is -1.96. The molecule has 1 aromatic carbocycles. The van der Waals surface area contributed by atoms with Gasteiger partial charge in [-0.25, -0.2) is 4.39 Å². The molecule has 1 aliphatic rings. The molecule has 0 spiro atoms. The Kier molecular flexibility index (Phi) is 2.39. The third-order valence-electron chi connectivity index (χ3n) is 3.36. The second-order valence-corrected chi connectivity index (χ2v) is 4.78. The number of halogens is 1. The minimum atomic E-state index is -0.199. The van der Waals surface area contributed by atoms with Gasteiger partial charge in [-0.15, -0.1) is 0 Å². The van der Waals surface area contributed by atoms with E-state index < -0.39 is 0 Å². The molecule has 0 bridgehead atoms. The van der Waals surface area contributed by atoms with Gasteiger partial charge in [0.05, 0.1) is 0 Å². The monoisotopic (exact) mass is 205 g/mol. The zero-order valence-electron chi connectivity index (χ0n) is 9.07. The van der Waals surface area contributed by atoms with Gasteiger partial charge in [0.2, 0.25) is 0 Å². The topological polar surface area (TPSA) is 26.0 Å². The van der Waals surface area contributed by atoms with Gasteiger partial charge in [-0.05, 0) is 29.0 Å². The molecule has 0 radical (unpaired) electrons. The van der Waals surface area contributed by atoms with E-state index in [9.17, 15) is 4.39 Å². The molecule has 1 nitrogen and oxygen atoms in total. The number of rotatable bonds is 2. The van der Waals surface area contributed by atoms with Crippen molar-refractivity contribution in [1.82, 2.24) is 0 Å². The summed E-state index contributed by atoms with van der Waals surface area (Å²) in [6, 6.07) is 6.74. The fourth-order valence-electron chi connectivity index (χ4n) is 1.87. The first-order valence-corrected chi connectivity index (χ1v) is 5.21. The van der Waals surface area contributed by atoms with E-state index in [0.29, 0.717) is 5.92 Å². The Bertz CT molecular complexity index is 378. The summed E-state index contributed by atoms with van der Waals surface area (Å²) in [7, 11) is 0. The minimum absolute atomic E-state index is 0.199. The highest BCUT2D eigenvalue weighted by molar-refractivity contribution is 5.50. The molecule has 0 aromatic heterocycles. The van der Waals surface area contributed by atoms with Gasteiger partial charge >= 0.3 is 0 Å². The van der Waals surface area contributed by atoms with Crippen molar-refractivity contribution < 1.29 is 4.39 Å². The first-order valence-electron chi connectivity index (χ1n) is 5.21. The van der Waals surface area contributed by atoms with Crippen LogP contribution in [0.5, 0.6) is 0 Å². The van der Waals surface area contributed by atoms with Gasteiger partial charge in [0.15, 0.2) is 0 Å². The second kappa shape index (κ2) is 3.46. The maximum Gasteiger partial charge on any atom is 0.123 e. The molecule has 1 fully saturated rings.